The zero-order valence-electron chi connectivity index (χ0n) is 10.4. The van der Waals surface area contributed by atoms with Crippen molar-refractivity contribution >= 4 is 22.7 Å². The zero-order chi connectivity index (χ0) is 14.9. The Bertz CT molecular complexity index is 673. The fourth-order valence-electron chi connectivity index (χ4n) is 1.79. The first-order valence-electron chi connectivity index (χ1n) is 5.74. The number of ketones is 1. The number of rotatable bonds is 3. The summed E-state index contributed by atoms with van der Waals surface area (Å²) in [6.45, 7) is 1.54. The number of aromatic amines is 1. The highest BCUT2D eigenvalue weighted by atomic mass is 19.4. The molecular formula is C13H10F3NO3. The minimum atomic E-state index is -4.52. The van der Waals surface area contributed by atoms with E-state index in [0.717, 1.165) is 12.1 Å². The first-order valence-corrected chi connectivity index (χ1v) is 5.74. The molecule has 0 unspecified atom stereocenters. The van der Waals surface area contributed by atoms with Crippen LogP contribution in [0.4, 0.5) is 13.2 Å². The van der Waals surface area contributed by atoms with Crippen molar-refractivity contribution in [3.05, 3.63) is 35.5 Å². The number of carbonyl (C=O) groups is 2. The Morgan fingerprint density at radius 2 is 2.00 bits per heavy atom. The number of aromatic nitrogens is 1. The maximum absolute atomic E-state index is 12.6. The van der Waals surface area contributed by atoms with Crippen LogP contribution >= 0.6 is 0 Å². The molecule has 2 aromatic rings. The summed E-state index contributed by atoms with van der Waals surface area (Å²) < 4.78 is 42.5. The minimum Gasteiger partial charge on any atom is -0.460 e. The van der Waals surface area contributed by atoms with E-state index < -0.39 is 23.5 Å². The fourth-order valence-corrected chi connectivity index (χ4v) is 1.79. The van der Waals surface area contributed by atoms with Crippen LogP contribution in [0.15, 0.2) is 24.4 Å². The quantitative estimate of drug-likeness (QED) is 0.536. The van der Waals surface area contributed by atoms with Crippen LogP contribution in [0.1, 0.15) is 22.8 Å². The lowest BCUT2D eigenvalue weighted by Crippen LogP contribution is -2.17. The normalized spacial score (nSPS) is 11.6. The van der Waals surface area contributed by atoms with Crippen molar-refractivity contribution in [2.75, 3.05) is 6.61 Å². The van der Waals surface area contributed by atoms with Gasteiger partial charge in [0.25, 0.3) is 5.78 Å². The van der Waals surface area contributed by atoms with E-state index >= 15 is 0 Å². The van der Waals surface area contributed by atoms with Crippen molar-refractivity contribution in [3.8, 4) is 0 Å². The van der Waals surface area contributed by atoms with Gasteiger partial charge in [0.15, 0.2) is 0 Å². The van der Waals surface area contributed by atoms with E-state index in [1.165, 1.54) is 19.2 Å². The molecule has 7 heteroatoms. The number of ether oxygens (including phenoxy) is 1. The highest BCUT2D eigenvalue weighted by Gasteiger charge is 2.31. The number of esters is 1. The van der Waals surface area contributed by atoms with Crippen molar-refractivity contribution in [2.24, 2.45) is 0 Å². The lowest BCUT2D eigenvalue weighted by molar-refractivity contribution is -0.138. The molecule has 1 N–H and O–H groups in total. The van der Waals surface area contributed by atoms with Gasteiger partial charge in [0.05, 0.1) is 17.7 Å². The predicted octanol–water partition coefficient (Wildman–Crippen LogP) is 2.93. The number of hydrogen-bond acceptors (Lipinski definition) is 3. The average Bonchev–Trinajstić information content (AvgIpc) is 2.79. The maximum Gasteiger partial charge on any atom is 0.416 e. The highest BCUT2D eigenvalue weighted by molar-refractivity contribution is 6.43. The summed E-state index contributed by atoms with van der Waals surface area (Å²) in [6, 6.07) is 2.94. The lowest BCUT2D eigenvalue weighted by atomic mass is 10.1. The van der Waals surface area contributed by atoms with Gasteiger partial charge in [-0.15, -0.1) is 0 Å². The van der Waals surface area contributed by atoms with Crippen molar-refractivity contribution < 1.29 is 27.5 Å². The predicted molar refractivity (Wildman–Crippen MR) is 64.3 cm³/mol. The minimum absolute atomic E-state index is 0.0146. The molecule has 1 aromatic heterocycles. The zero-order valence-corrected chi connectivity index (χ0v) is 10.4. The molecule has 4 nitrogen and oxygen atoms in total. The summed E-state index contributed by atoms with van der Waals surface area (Å²) in [7, 11) is 0. The number of H-pyrrole nitrogens is 1. The molecule has 106 valence electrons. The second kappa shape index (κ2) is 4.99. The Morgan fingerprint density at radius 1 is 1.30 bits per heavy atom. The number of carbonyl (C=O) groups excluding carboxylic acids is 2. The summed E-state index contributed by atoms with van der Waals surface area (Å²) in [5, 5.41) is 0.0397. The smallest absolute Gasteiger partial charge is 0.416 e. The van der Waals surface area contributed by atoms with Gasteiger partial charge in [-0.3, -0.25) is 4.79 Å². The summed E-state index contributed by atoms with van der Waals surface area (Å²) in [4.78, 5) is 25.8. The van der Waals surface area contributed by atoms with Gasteiger partial charge < -0.3 is 9.72 Å². The fraction of sp³-hybridized carbons (Fsp3) is 0.231. The third-order valence-corrected chi connectivity index (χ3v) is 2.71. The van der Waals surface area contributed by atoms with Crippen LogP contribution in [-0.4, -0.2) is 23.3 Å². The van der Waals surface area contributed by atoms with E-state index in [1.54, 1.807) is 0 Å². The summed E-state index contributed by atoms with van der Waals surface area (Å²) in [5.41, 5.74) is -0.683. The first-order chi connectivity index (χ1) is 9.34. The molecule has 20 heavy (non-hydrogen) atoms. The number of nitrogens with one attached hydrogen (secondary N) is 1. The molecule has 0 saturated heterocycles. The molecule has 0 radical (unpaired) electrons. The van der Waals surface area contributed by atoms with Crippen LogP contribution in [0.3, 0.4) is 0 Å². The Balaban J connectivity index is 2.50. The lowest BCUT2D eigenvalue weighted by Gasteiger charge is -2.06. The molecule has 0 spiro atoms. The van der Waals surface area contributed by atoms with Crippen LogP contribution in [0.2, 0.25) is 0 Å². The Kier molecular flexibility index (Phi) is 3.52. The van der Waals surface area contributed by atoms with Gasteiger partial charge in [0.2, 0.25) is 0 Å². The van der Waals surface area contributed by atoms with Crippen molar-refractivity contribution in [1.29, 1.82) is 0 Å². The standard InChI is InChI=1S/C13H10F3NO3/c1-2-20-12(19)11(18)9-6-17-10-4-3-7(5-8(9)10)13(14,15)16/h3-6,17H,2H2,1H3. The van der Waals surface area contributed by atoms with Crippen molar-refractivity contribution in [3.63, 3.8) is 0 Å². The van der Waals surface area contributed by atoms with E-state index in [0.29, 0.717) is 5.52 Å². The molecule has 0 aliphatic rings. The molecule has 0 aliphatic heterocycles. The molecule has 2 rings (SSSR count). The van der Waals surface area contributed by atoms with Crippen LogP contribution in [0.25, 0.3) is 10.9 Å². The van der Waals surface area contributed by atoms with Crippen LogP contribution in [0.5, 0.6) is 0 Å². The van der Waals surface area contributed by atoms with Gasteiger partial charge in [-0.05, 0) is 25.1 Å². The molecule has 0 saturated carbocycles. The van der Waals surface area contributed by atoms with Gasteiger partial charge in [0, 0.05) is 17.1 Å². The summed E-state index contributed by atoms with van der Waals surface area (Å²) in [6.07, 6.45) is -3.32. The Labute approximate surface area is 111 Å². The molecule has 0 fully saturated rings. The third-order valence-electron chi connectivity index (χ3n) is 2.71. The summed E-state index contributed by atoms with van der Waals surface area (Å²) >= 11 is 0. The van der Waals surface area contributed by atoms with Crippen molar-refractivity contribution in [1.82, 2.24) is 4.98 Å². The SMILES string of the molecule is CCOC(=O)C(=O)c1c[nH]c2ccc(C(F)(F)F)cc12. The molecule has 1 heterocycles. The van der Waals surface area contributed by atoms with Crippen molar-refractivity contribution in [2.45, 2.75) is 13.1 Å². The van der Waals surface area contributed by atoms with Crippen LogP contribution in [-0.2, 0) is 15.7 Å². The maximum atomic E-state index is 12.6. The second-order valence-electron chi connectivity index (χ2n) is 4.01. The number of alkyl halides is 3. The summed E-state index contributed by atoms with van der Waals surface area (Å²) in [5.74, 6) is -2.07. The molecule has 1 aromatic carbocycles. The topological polar surface area (TPSA) is 59.2 Å². The van der Waals surface area contributed by atoms with Gasteiger partial charge in [-0.2, -0.15) is 13.2 Å². The van der Waals surface area contributed by atoms with Gasteiger partial charge in [-0.1, -0.05) is 0 Å². The second-order valence-corrected chi connectivity index (χ2v) is 4.01. The molecule has 0 aliphatic carbocycles. The molecule has 0 atom stereocenters. The van der Waals surface area contributed by atoms with Gasteiger partial charge >= 0.3 is 12.1 Å². The molecule has 0 bridgehead atoms. The largest absolute Gasteiger partial charge is 0.460 e. The van der Waals surface area contributed by atoms with E-state index in [1.807, 2.05) is 0 Å². The number of hydrogen-bond donors (Lipinski definition) is 1. The molecular weight excluding hydrogens is 275 g/mol. The van der Waals surface area contributed by atoms with Gasteiger partial charge in [0.1, 0.15) is 0 Å². The van der Waals surface area contributed by atoms with Crippen LogP contribution in [0, 0.1) is 0 Å². The number of fused-ring (bicyclic) bond motifs is 1. The highest BCUT2D eigenvalue weighted by Crippen LogP contribution is 2.32. The van der Waals surface area contributed by atoms with Crippen LogP contribution < -0.4 is 0 Å². The van der Waals surface area contributed by atoms with E-state index in [9.17, 15) is 22.8 Å². The van der Waals surface area contributed by atoms with E-state index in [4.69, 9.17) is 0 Å². The number of benzene rings is 1. The average molecular weight is 285 g/mol. The first kappa shape index (κ1) is 14.1. The van der Waals surface area contributed by atoms with E-state index in [-0.39, 0.29) is 17.6 Å². The Morgan fingerprint density at radius 3 is 2.60 bits per heavy atom. The number of Topliss-reactive ketones (excluding diaryl/α,β-unsaturated/α-hetero) is 1. The van der Waals surface area contributed by atoms with E-state index in [2.05, 4.69) is 9.72 Å². The third kappa shape index (κ3) is 2.52. The van der Waals surface area contributed by atoms with Gasteiger partial charge in [-0.25, -0.2) is 4.79 Å². The molecule has 0 amide bonds. The monoisotopic (exact) mass is 285 g/mol. The number of halogens is 3. The Hall–Kier alpha value is -2.31.